The monoisotopic (exact) mass is 298 g/mol. The molecule has 2 aromatic heterocycles. The molecule has 4 nitrogen and oxygen atoms in total. The lowest BCUT2D eigenvalue weighted by Crippen LogP contribution is -2.15. The summed E-state index contributed by atoms with van der Waals surface area (Å²) in [5.74, 6) is -0.681. The molecule has 0 aliphatic heterocycles. The lowest BCUT2D eigenvalue weighted by atomic mass is 10.0. The summed E-state index contributed by atoms with van der Waals surface area (Å²) in [5, 5.41) is 10.4. The van der Waals surface area contributed by atoms with Crippen molar-refractivity contribution in [3.8, 4) is 5.69 Å². The van der Waals surface area contributed by atoms with Crippen LogP contribution in [0.2, 0.25) is 0 Å². The van der Waals surface area contributed by atoms with Gasteiger partial charge in [0.25, 0.3) is 0 Å². The average Bonchev–Trinajstić information content (AvgIpc) is 2.54. The van der Waals surface area contributed by atoms with Crippen molar-refractivity contribution < 1.29 is 9.50 Å². The van der Waals surface area contributed by atoms with Crippen LogP contribution in [0.25, 0.3) is 16.7 Å². The SMILES string of the molecule is CCC(O)c1ccnc2c1c(=O)cc(F)n2-c1ccccc1. The highest BCUT2D eigenvalue weighted by Crippen LogP contribution is 2.24. The van der Waals surface area contributed by atoms with Crippen molar-refractivity contribution in [2.24, 2.45) is 0 Å². The van der Waals surface area contributed by atoms with Crippen LogP contribution in [-0.2, 0) is 0 Å². The molecule has 0 spiro atoms. The van der Waals surface area contributed by atoms with Gasteiger partial charge >= 0.3 is 0 Å². The highest BCUT2D eigenvalue weighted by Gasteiger charge is 2.17. The molecule has 3 rings (SSSR count). The third kappa shape index (κ3) is 2.29. The van der Waals surface area contributed by atoms with Gasteiger partial charge < -0.3 is 5.11 Å². The molecule has 1 unspecified atom stereocenters. The van der Waals surface area contributed by atoms with Gasteiger partial charge in [0.1, 0.15) is 0 Å². The van der Waals surface area contributed by atoms with E-state index in [9.17, 15) is 14.3 Å². The van der Waals surface area contributed by atoms with Crippen LogP contribution in [0.4, 0.5) is 4.39 Å². The molecule has 1 atom stereocenters. The largest absolute Gasteiger partial charge is 0.388 e. The summed E-state index contributed by atoms with van der Waals surface area (Å²) in [6, 6.07) is 11.4. The molecule has 0 aliphatic rings. The van der Waals surface area contributed by atoms with E-state index < -0.39 is 17.5 Å². The molecule has 0 amide bonds. The first kappa shape index (κ1) is 14.4. The number of pyridine rings is 2. The van der Waals surface area contributed by atoms with E-state index in [0.717, 1.165) is 6.07 Å². The fourth-order valence-corrected chi connectivity index (χ4v) is 2.55. The molecule has 22 heavy (non-hydrogen) atoms. The normalized spacial score (nSPS) is 12.5. The summed E-state index contributed by atoms with van der Waals surface area (Å²) >= 11 is 0. The number of benzene rings is 1. The van der Waals surface area contributed by atoms with Gasteiger partial charge in [-0.15, -0.1) is 0 Å². The number of hydrogen-bond acceptors (Lipinski definition) is 3. The molecule has 112 valence electrons. The first-order valence-corrected chi connectivity index (χ1v) is 7.07. The average molecular weight is 298 g/mol. The Labute approximate surface area is 126 Å². The summed E-state index contributed by atoms with van der Waals surface area (Å²) in [4.78, 5) is 16.4. The van der Waals surface area contributed by atoms with Gasteiger partial charge in [0.05, 0.1) is 11.5 Å². The first-order chi connectivity index (χ1) is 10.6. The number of para-hydroxylation sites is 1. The zero-order valence-electron chi connectivity index (χ0n) is 12.0. The van der Waals surface area contributed by atoms with E-state index in [1.54, 1.807) is 30.3 Å². The number of aliphatic hydroxyl groups excluding tert-OH is 1. The predicted octanol–water partition coefficient (Wildman–Crippen LogP) is 2.97. The number of nitrogens with zero attached hydrogens (tertiary/aromatic N) is 2. The molecule has 5 heteroatoms. The molecular weight excluding hydrogens is 283 g/mol. The fourth-order valence-electron chi connectivity index (χ4n) is 2.55. The van der Waals surface area contributed by atoms with E-state index in [-0.39, 0.29) is 11.0 Å². The van der Waals surface area contributed by atoms with Gasteiger partial charge in [-0.25, -0.2) is 4.98 Å². The standard InChI is InChI=1S/C17H15FN2O2/c1-2-13(21)12-8-9-19-17-16(12)14(22)10-15(18)20(17)11-6-4-3-5-7-11/h3-10,13,21H,2H2,1H3. The third-order valence-electron chi connectivity index (χ3n) is 3.65. The van der Waals surface area contributed by atoms with Crippen molar-refractivity contribution in [2.45, 2.75) is 19.4 Å². The molecule has 0 fully saturated rings. The van der Waals surface area contributed by atoms with Gasteiger partial charge in [-0.3, -0.25) is 9.36 Å². The number of rotatable bonds is 3. The molecule has 0 aliphatic carbocycles. The highest BCUT2D eigenvalue weighted by atomic mass is 19.1. The molecule has 0 radical (unpaired) electrons. The molecule has 1 N–H and O–H groups in total. The minimum atomic E-state index is -0.784. The Morgan fingerprint density at radius 3 is 2.68 bits per heavy atom. The Balaban J connectivity index is 2.42. The Morgan fingerprint density at radius 1 is 1.27 bits per heavy atom. The van der Waals surface area contributed by atoms with Crippen molar-refractivity contribution in [1.82, 2.24) is 9.55 Å². The Hall–Kier alpha value is -2.53. The van der Waals surface area contributed by atoms with Crippen molar-refractivity contribution in [1.29, 1.82) is 0 Å². The van der Waals surface area contributed by atoms with Gasteiger partial charge in [0.2, 0.25) is 5.95 Å². The summed E-state index contributed by atoms with van der Waals surface area (Å²) in [6.45, 7) is 1.82. The van der Waals surface area contributed by atoms with Gasteiger partial charge in [0, 0.05) is 18.0 Å². The third-order valence-corrected chi connectivity index (χ3v) is 3.65. The van der Waals surface area contributed by atoms with Crippen molar-refractivity contribution in [3.05, 3.63) is 70.4 Å². The zero-order chi connectivity index (χ0) is 15.7. The Morgan fingerprint density at radius 2 is 2.00 bits per heavy atom. The number of aliphatic hydroxyl groups is 1. The van der Waals surface area contributed by atoms with E-state index in [1.807, 2.05) is 13.0 Å². The maximum Gasteiger partial charge on any atom is 0.203 e. The van der Waals surface area contributed by atoms with Crippen LogP contribution in [-0.4, -0.2) is 14.7 Å². The second-order valence-electron chi connectivity index (χ2n) is 5.03. The van der Waals surface area contributed by atoms with Crippen molar-refractivity contribution in [2.75, 3.05) is 0 Å². The molecule has 2 heterocycles. The van der Waals surface area contributed by atoms with Gasteiger partial charge in [-0.1, -0.05) is 25.1 Å². The quantitative estimate of drug-likeness (QED) is 0.756. The molecular formula is C17H15FN2O2. The molecule has 0 bridgehead atoms. The van der Waals surface area contributed by atoms with E-state index in [2.05, 4.69) is 4.98 Å². The van der Waals surface area contributed by atoms with Crippen molar-refractivity contribution >= 4 is 11.0 Å². The lowest BCUT2D eigenvalue weighted by Gasteiger charge is -2.15. The summed E-state index contributed by atoms with van der Waals surface area (Å²) in [6.07, 6.45) is 1.16. The van der Waals surface area contributed by atoms with Crippen LogP contribution in [0, 0.1) is 5.95 Å². The number of fused-ring (bicyclic) bond motifs is 1. The van der Waals surface area contributed by atoms with Gasteiger partial charge in [-0.05, 0) is 30.2 Å². The summed E-state index contributed by atoms with van der Waals surface area (Å²) < 4.78 is 15.6. The number of halogens is 1. The predicted molar refractivity (Wildman–Crippen MR) is 82.5 cm³/mol. The minimum absolute atomic E-state index is 0.209. The zero-order valence-corrected chi connectivity index (χ0v) is 12.0. The van der Waals surface area contributed by atoms with E-state index in [4.69, 9.17) is 0 Å². The van der Waals surface area contributed by atoms with Gasteiger partial charge in [0.15, 0.2) is 11.1 Å². The minimum Gasteiger partial charge on any atom is -0.388 e. The van der Waals surface area contributed by atoms with E-state index in [0.29, 0.717) is 17.7 Å². The summed E-state index contributed by atoms with van der Waals surface area (Å²) in [5.41, 5.74) is 0.777. The Bertz CT molecular complexity index is 875. The van der Waals surface area contributed by atoms with Crippen LogP contribution in [0.15, 0.2) is 53.5 Å². The van der Waals surface area contributed by atoms with Crippen LogP contribution in [0.5, 0.6) is 0 Å². The van der Waals surface area contributed by atoms with Crippen molar-refractivity contribution in [3.63, 3.8) is 0 Å². The molecule has 0 saturated heterocycles. The van der Waals surface area contributed by atoms with E-state index >= 15 is 0 Å². The Kier molecular flexibility index (Phi) is 3.73. The molecule has 3 aromatic rings. The second-order valence-corrected chi connectivity index (χ2v) is 5.03. The van der Waals surface area contributed by atoms with Crippen LogP contribution >= 0.6 is 0 Å². The smallest absolute Gasteiger partial charge is 0.203 e. The number of aromatic nitrogens is 2. The topological polar surface area (TPSA) is 55.1 Å². The van der Waals surface area contributed by atoms with E-state index in [1.165, 1.54) is 10.8 Å². The first-order valence-electron chi connectivity index (χ1n) is 7.07. The van der Waals surface area contributed by atoms with Crippen LogP contribution < -0.4 is 5.43 Å². The summed E-state index contributed by atoms with van der Waals surface area (Å²) in [7, 11) is 0. The molecule has 0 saturated carbocycles. The lowest BCUT2D eigenvalue weighted by molar-refractivity contribution is 0.175. The number of hydrogen-bond donors (Lipinski definition) is 1. The molecule has 1 aromatic carbocycles. The highest BCUT2D eigenvalue weighted by molar-refractivity contribution is 5.80. The van der Waals surface area contributed by atoms with Crippen LogP contribution in [0.1, 0.15) is 25.0 Å². The maximum absolute atomic E-state index is 14.3. The maximum atomic E-state index is 14.3. The fraction of sp³-hybridized carbons (Fsp3) is 0.176. The second kappa shape index (κ2) is 5.69. The van der Waals surface area contributed by atoms with Gasteiger partial charge in [-0.2, -0.15) is 4.39 Å². The van der Waals surface area contributed by atoms with Crippen LogP contribution in [0.3, 0.4) is 0 Å².